The molecule has 0 radical (unpaired) electrons. The smallest absolute Gasteiger partial charge is 0.314 e. The maximum atomic E-state index is 13.6. The first-order chi connectivity index (χ1) is 19.7. The number of piperidine rings is 1. The van der Waals surface area contributed by atoms with Gasteiger partial charge in [0.05, 0.1) is 0 Å². The Hall–Kier alpha value is -4.41. The van der Waals surface area contributed by atoms with E-state index in [2.05, 4.69) is 4.90 Å². The van der Waals surface area contributed by atoms with Crippen LogP contribution in [0.15, 0.2) is 66.7 Å². The highest BCUT2D eigenvalue weighted by atomic mass is 32.1. The van der Waals surface area contributed by atoms with E-state index in [1.165, 1.54) is 30.6 Å². The molecule has 5 rings (SSSR count). The van der Waals surface area contributed by atoms with E-state index >= 15 is 0 Å². The third-order valence-corrected chi connectivity index (χ3v) is 7.78. The molecule has 1 aliphatic heterocycles. The number of phenols is 2. The fourth-order valence-electron chi connectivity index (χ4n) is 4.58. The number of rotatable bonds is 9. The number of carboxylic acids is 2. The van der Waals surface area contributed by atoms with Gasteiger partial charge in [-0.2, -0.15) is 0 Å². The molecule has 3 aromatic carbocycles. The topological polar surface area (TPSA) is 145 Å². The third-order valence-electron chi connectivity index (χ3n) is 6.57. The maximum absolute atomic E-state index is 13.6. The Morgan fingerprint density at radius 3 is 2.05 bits per heavy atom. The number of fused-ring (bicyclic) bond motifs is 1. The van der Waals surface area contributed by atoms with Gasteiger partial charge in [0.2, 0.25) is 0 Å². The number of hydrogen-bond acceptors (Lipinski definition) is 8. The number of carbonyl (C=O) groups excluding carboxylic acids is 1. The fraction of sp³-hybridized carbons (Fsp3) is 0.258. The number of ether oxygens (including phenoxy) is 1. The summed E-state index contributed by atoms with van der Waals surface area (Å²) < 4.78 is 6.76. The quantitative estimate of drug-likeness (QED) is 0.147. The number of carboxylic acid groups (broad SMARTS) is 2. The molecule has 0 atom stereocenters. The number of aromatic hydroxyl groups is 2. The van der Waals surface area contributed by atoms with Crippen LogP contribution in [-0.2, 0) is 9.59 Å². The highest BCUT2D eigenvalue weighted by Gasteiger charge is 2.22. The SMILES string of the molecule is O=C(O)CC(=O)O.O=C(c1ccc(OCCN2CCCCC2)cc1)c1c(-c2ccc(O)cc2)sc2cc(O)ccc12. The van der Waals surface area contributed by atoms with Crippen LogP contribution >= 0.6 is 11.3 Å². The van der Waals surface area contributed by atoms with Crippen molar-refractivity contribution in [2.75, 3.05) is 26.2 Å². The molecule has 2 heterocycles. The van der Waals surface area contributed by atoms with Gasteiger partial charge < -0.3 is 25.2 Å². The minimum absolute atomic E-state index is 0.0834. The van der Waals surface area contributed by atoms with E-state index in [1.807, 2.05) is 24.3 Å². The Morgan fingerprint density at radius 1 is 0.805 bits per heavy atom. The number of aliphatic carboxylic acids is 2. The molecule has 10 heteroatoms. The summed E-state index contributed by atoms with van der Waals surface area (Å²) in [6.45, 7) is 3.85. The Balaban J connectivity index is 0.000000493. The normalized spacial score (nSPS) is 13.3. The first-order valence-corrected chi connectivity index (χ1v) is 14.0. The fourth-order valence-corrected chi connectivity index (χ4v) is 5.82. The number of nitrogens with zero attached hydrogens (tertiary/aromatic N) is 1. The molecule has 41 heavy (non-hydrogen) atoms. The molecule has 4 aromatic rings. The van der Waals surface area contributed by atoms with Gasteiger partial charge in [0, 0.05) is 32.6 Å². The average Bonchev–Trinajstić information content (AvgIpc) is 3.32. The van der Waals surface area contributed by atoms with Crippen LogP contribution in [0.2, 0.25) is 0 Å². The summed E-state index contributed by atoms with van der Waals surface area (Å²) in [5, 5.41) is 35.8. The number of carbonyl (C=O) groups is 3. The van der Waals surface area contributed by atoms with E-state index < -0.39 is 18.4 Å². The number of benzene rings is 3. The second kappa shape index (κ2) is 13.8. The number of phenolic OH excluding ortho intramolecular Hbond substituents is 2. The molecule has 0 aliphatic carbocycles. The molecule has 0 amide bonds. The van der Waals surface area contributed by atoms with Gasteiger partial charge in [-0.15, -0.1) is 11.3 Å². The minimum atomic E-state index is -1.31. The molecule has 4 N–H and O–H groups in total. The van der Waals surface area contributed by atoms with Crippen LogP contribution in [0.3, 0.4) is 0 Å². The van der Waals surface area contributed by atoms with Crippen LogP contribution in [0.5, 0.6) is 17.2 Å². The average molecular weight is 578 g/mol. The van der Waals surface area contributed by atoms with Gasteiger partial charge in [0.25, 0.3) is 0 Å². The van der Waals surface area contributed by atoms with Gasteiger partial charge in [-0.25, -0.2) is 0 Å². The van der Waals surface area contributed by atoms with E-state index in [-0.39, 0.29) is 17.3 Å². The Bertz CT molecular complexity index is 1490. The number of likely N-dealkylation sites (tertiary alicyclic amines) is 1. The number of thiophene rings is 1. The molecular formula is C31H31NO8S. The Labute approximate surface area is 240 Å². The van der Waals surface area contributed by atoms with E-state index in [1.54, 1.807) is 42.5 Å². The summed E-state index contributed by atoms with van der Waals surface area (Å²) in [6, 6.07) is 19.2. The zero-order chi connectivity index (χ0) is 29.4. The van der Waals surface area contributed by atoms with Gasteiger partial charge in [-0.05, 0) is 98.2 Å². The number of ketones is 1. The molecule has 1 saturated heterocycles. The van der Waals surface area contributed by atoms with Gasteiger partial charge in [-0.1, -0.05) is 6.42 Å². The second-order valence-electron chi connectivity index (χ2n) is 9.60. The minimum Gasteiger partial charge on any atom is -0.508 e. The van der Waals surface area contributed by atoms with Crippen molar-refractivity contribution < 1.29 is 39.5 Å². The van der Waals surface area contributed by atoms with Crippen molar-refractivity contribution in [3.63, 3.8) is 0 Å². The Kier molecular flexibility index (Phi) is 9.94. The molecule has 0 saturated carbocycles. The first kappa shape index (κ1) is 29.6. The van der Waals surface area contributed by atoms with Crippen molar-refractivity contribution in [2.45, 2.75) is 25.7 Å². The summed E-state index contributed by atoms with van der Waals surface area (Å²) in [7, 11) is 0. The molecule has 9 nitrogen and oxygen atoms in total. The molecule has 1 fully saturated rings. The van der Waals surface area contributed by atoms with Crippen molar-refractivity contribution in [1.29, 1.82) is 0 Å². The summed E-state index contributed by atoms with van der Waals surface area (Å²) in [5.41, 5.74) is 2.03. The van der Waals surface area contributed by atoms with Crippen molar-refractivity contribution in [3.05, 3.63) is 77.9 Å². The molecule has 0 spiro atoms. The standard InChI is InChI=1S/C28H27NO4S.C3H4O4/c30-21-8-4-20(5-9-21)28-26(24-13-10-22(31)18-25(24)34-28)27(32)19-6-11-23(12-7-19)33-17-16-29-14-2-1-3-15-29;4-2(5)1-3(6)7/h4-13,18,30-31H,1-3,14-17H2;1H2,(H,4,5)(H,6,7). The lowest BCUT2D eigenvalue weighted by molar-refractivity contribution is -0.147. The monoisotopic (exact) mass is 577 g/mol. The second-order valence-corrected chi connectivity index (χ2v) is 10.7. The van der Waals surface area contributed by atoms with Gasteiger partial charge >= 0.3 is 11.9 Å². The van der Waals surface area contributed by atoms with Crippen molar-refractivity contribution >= 4 is 39.1 Å². The zero-order valence-corrected chi connectivity index (χ0v) is 23.1. The largest absolute Gasteiger partial charge is 0.508 e. The van der Waals surface area contributed by atoms with Gasteiger partial charge in [0.1, 0.15) is 30.3 Å². The lowest BCUT2D eigenvalue weighted by Gasteiger charge is -2.26. The van der Waals surface area contributed by atoms with Crippen LogP contribution in [0.25, 0.3) is 20.5 Å². The Morgan fingerprint density at radius 2 is 1.44 bits per heavy atom. The van der Waals surface area contributed by atoms with E-state index in [9.17, 15) is 24.6 Å². The third kappa shape index (κ3) is 8.06. The molecule has 1 aromatic heterocycles. The van der Waals surface area contributed by atoms with Crippen LogP contribution in [0.1, 0.15) is 41.6 Å². The molecular weight excluding hydrogens is 546 g/mol. The van der Waals surface area contributed by atoms with E-state index in [4.69, 9.17) is 14.9 Å². The van der Waals surface area contributed by atoms with Crippen LogP contribution < -0.4 is 4.74 Å². The van der Waals surface area contributed by atoms with E-state index in [0.29, 0.717) is 17.7 Å². The molecule has 1 aliphatic rings. The van der Waals surface area contributed by atoms with Crippen LogP contribution in [0.4, 0.5) is 0 Å². The summed E-state index contributed by atoms with van der Waals surface area (Å²) in [4.78, 5) is 35.8. The molecule has 0 bridgehead atoms. The highest BCUT2D eigenvalue weighted by molar-refractivity contribution is 7.22. The number of hydrogen-bond donors (Lipinski definition) is 4. The van der Waals surface area contributed by atoms with E-state index in [0.717, 1.165) is 45.9 Å². The van der Waals surface area contributed by atoms with Gasteiger partial charge in [0.15, 0.2) is 5.78 Å². The van der Waals surface area contributed by atoms with Crippen molar-refractivity contribution in [1.82, 2.24) is 4.90 Å². The maximum Gasteiger partial charge on any atom is 0.314 e. The summed E-state index contributed by atoms with van der Waals surface area (Å²) in [5.74, 6) is -1.62. The zero-order valence-electron chi connectivity index (χ0n) is 22.3. The molecule has 214 valence electrons. The highest BCUT2D eigenvalue weighted by Crippen LogP contribution is 2.41. The van der Waals surface area contributed by atoms with Crippen LogP contribution in [-0.4, -0.2) is 69.3 Å². The van der Waals surface area contributed by atoms with Gasteiger partial charge in [-0.3, -0.25) is 19.3 Å². The lowest BCUT2D eigenvalue weighted by Crippen LogP contribution is -2.33. The van der Waals surface area contributed by atoms with Crippen molar-refractivity contribution in [3.8, 4) is 27.7 Å². The predicted octanol–water partition coefficient (Wildman–Crippen LogP) is 5.62. The predicted molar refractivity (Wildman–Crippen MR) is 156 cm³/mol. The molecule has 0 unspecified atom stereocenters. The van der Waals surface area contributed by atoms with Crippen molar-refractivity contribution in [2.24, 2.45) is 0 Å². The summed E-state index contributed by atoms with van der Waals surface area (Å²) in [6.07, 6.45) is 3.04. The summed E-state index contributed by atoms with van der Waals surface area (Å²) >= 11 is 1.46. The van der Waals surface area contributed by atoms with Crippen LogP contribution in [0, 0.1) is 0 Å². The first-order valence-electron chi connectivity index (χ1n) is 13.2. The lowest BCUT2D eigenvalue weighted by atomic mass is 9.97.